The Labute approximate surface area is 205 Å². The molecule has 2 aromatic heterocycles. The molecule has 1 aliphatic carbocycles. The van der Waals surface area contributed by atoms with E-state index < -0.39 is 18.4 Å². The number of fused-ring (bicyclic) bond motifs is 3. The summed E-state index contributed by atoms with van der Waals surface area (Å²) in [4.78, 5) is 11.1. The van der Waals surface area contributed by atoms with Gasteiger partial charge in [0.05, 0.1) is 0 Å². The monoisotopic (exact) mass is 566 g/mol. The summed E-state index contributed by atoms with van der Waals surface area (Å²) >= 11 is 2.11. The summed E-state index contributed by atoms with van der Waals surface area (Å²) in [6.07, 6.45) is 13.7. The Bertz CT molecular complexity index is 804. The Morgan fingerprint density at radius 3 is 1.90 bits per heavy atom. The summed E-state index contributed by atoms with van der Waals surface area (Å²) in [5, 5.41) is 2.39. The van der Waals surface area contributed by atoms with E-state index in [0.717, 1.165) is 11.8 Å². The predicted octanol–water partition coefficient (Wildman–Crippen LogP) is 9.83. The fourth-order valence-electron chi connectivity index (χ4n) is 5.69. The topological polar surface area (TPSA) is 0 Å². The molecule has 2 atom stereocenters. The third kappa shape index (κ3) is 5.48. The molecule has 2 unspecified atom stereocenters. The zero-order valence-corrected chi connectivity index (χ0v) is 25.8. The van der Waals surface area contributed by atoms with Crippen LogP contribution in [0.5, 0.6) is 0 Å². The summed E-state index contributed by atoms with van der Waals surface area (Å²) < 4.78 is 1.78. The van der Waals surface area contributed by atoms with Crippen LogP contribution in [-0.2, 0) is 5.41 Å². The molecule has 0 radical (unpaired) electrons. The molecule has 31 heavy (non-hydrogen) atoms. The molecule has 0 amide bonds. The number of rotatable bonds is 13. The van der Waals surface area contributed by atoms with Crippen molar-refractivity contribution in [2.75, 3.05) is 0 Å². The molecule has 0 nitrogen and oxygen atoms in total. The number of hydrogen-bond donors (Lipinski definition) is 0. The summed E-state index contributed by atoms with van der Waals surface area (Å²) in [7, 11) is 0. The SMILES string of the molecule is CCCCC(CC)CC1(CC(CC)CCCC)c2ccsc2-c2s[c]([Sn]([CH3])([CH3])[CH3])cc21. The van der Waals surface area contributed by atoms with Gasteiger partial charge in [0, 0.05) is 0 Å². The Morgan fingerprint density at radius 2 is 1.42 bits per heavy atom. The van der Waals surface area contributed by atoms with Gasteiger partial charge in [0.2, 0.25) is 0 Å². The van der Waals surface area contributed by atoms with E-state index in [1.54, 1.807) is 23.8 Å². The first-order valence-corrected chi connectivity index (χ1v) is 24.7. The Morgan fingerprint density at radius 1 is 0.839 bits per heavy atom. The van der Waals surface area contributed by atoms with Crippen molar-refractivity contribution in [2.24, 2.45) is 11.8 Å². The molecule has 0 saturated heterocycles. The first kappa shape index (κ1) is 25.8. The molecule has 2 aromatic rings. The van der Waals surface area contributed by atoms with Crippen LogP contribution in [0.1, 0.15) is 103 Å². The minimum atomic E-state index is -2.09. The van der Waals surface area contributed by atoms with Gasteiger partial charge in [0.15, 0.2) is 0 Å². The second-order valence-corrected chi connectivity index (χ2v) is 28.5. The molecule has 0 saturated carbocycles. The van der Waals surface area contributed by atoms with Gasteiger partial charge in [-0.2, -0.15) is 0 Å². The first-order valence-electron chi connectivity index (χ1n) is 13.0. The normalized spacial score (nSPS) is 20.0. The van der Waals surface area contributed by atoms with E-state index in [2.05, 4.69) is 71.4 Å². The molecule has 0 spiro atoms. The molecule has 0 fully saturated rings. The average molecular weight is 566 g/mol. The molecule has 174 valence electrons. The Balaban J connectivity index is 2.10. The second-order valence-electron chi connectivity index (χ2n) is 11.1. The molecule has 3 heteroatoms. The van der Waals surface area contributed by atoms with E-state index in [4.69, 9.17) is 0 Å². The minimum absolute atomic E-state index is 0.277. The van der Waals surface area contributed by atoms with Gasteiger partial charge in [-0.1, -0.05) is 0 Å². The second kappa shape index (κ2) is 11.1. The van der Waals surface area contributed by atoms with Gasteiger partial charge in [-0.25, -0.2) is 0 Å². The van der Waals surface area contributed by atoms with Gasteiger partial charge in [0.25, 0.3) is 0 Å². The summed E-state index contributed by atoms with van der Waals surface area (Å²) in [6, 6.07) is 5.26. The van der Waals surface area contributed by atoms with Gasteiger partial charge < -0.3 is 0 Å². The zero-order valence-electron chi connectivity index (χ0n) is 21.3. The molecular formula is C28H46S2Sn. The van der Waals surface area contributed by atoms with Crippen LogP contribution in [0.15, 0.2) is 17.5 Å². The van der Waals surface area contributed by atoms with Gasteiger partial charge >= 0.3 is 206 Å². The Hall–Kier alpha value is 0.199. The number of thiophene rings is 2. The van der Waals surface area contributed by atoms with Crippen LogP contribution >= 0.6 is 22.7 Å². The quantitative estimate of drug-likeness (QED) is 0.212. The van der Waals surface area contributed by atoms with E-state index in [1.165, 1.54) is 64.2 Å². The van der Waals surface area contributed by atoms with E-state index in [-0.39, 0.29) is 5.41 Å². The average Bonchev–Trinajstić information content (AvgIpc) is 3.43. The van der Waals surface area contributed by atoms with Crippen molar-refractivity contribution in [2.45, 2.75) is 112 Å². The maximum atomic E-state index is 2.74. The molecule has 2 heterocycles. The number of unbranched alkanes of at least 4 members (excludes halogenated alkanes) is 2. The van der Waals surface area contributed by atoms with Crippen molar-refractivity contribution in [3.8, 4) is 9.75 Å². The third-order valence-electron chi connectivity index (χ3n) is 7.73. The summed E-state index contributed by atoms with van der Waals surface area (Å²) in [5.41, 5.74) is 3.74. The van der Waals surface area contributed by atoms with Gasteiger partial charge in [-0.15, -0.1) is 0 Å². The molecule has 1 aliphatic rings. The Kier molecular flexibility index (Phi) is 9.23. The van der Waals surface area contributed by atoms with Crippen molar-refractivity contribution in [3.63, 3.8) is 0 Å². The molecule has 3 rings (SSSR count). The fourth-order valence-corrected chi connectivity index (χ4v) is 13.3. The van der Waals surface area contributed by atoms with E-state index in [1.807, 2.05) is 11.3 Å². The van der Waals surface area contributed by atoms with Crippen LogP contribution in [0.3, 0.4) is 0 Å². The van der Waals surface area contributed by atoms with Crippen LogP contribution in [0, 0.1) is 11.8 Å². The van der Waals surface area contributed by atoms with Crippen LogP contribution in [-0.4, -0.2) is 18.4 Å². The van der Waals surface area contributed by atoms with Crippen LogP contribution in [0.4, 0.5) is 0 Å². The molecular weight excluding hydrogens is 519 g/mol. The van der Waals surface area contributed by atoms with Crippen molar-refractivity contribution < 1.29 is 0 Å². The van der Waals surface area contributed by atoms with Gasteiger partial charge in [-0.3, -0.25) is 0 Å². The van der Waals surface area contributed by atoms with Crippen molar-refractivity contribution in [3.05, 3.63) is 28.6 Å². The van der Waals surface area contributed by atoms with E-state index in [0.29, 0.717) is 0 Å². The first-order chi connectivity index (χ1) is 14.8. The molecule has 0 bridgehead atoms. The number of hydrogen-bond acceptors (Lipinski definition) is 2. The van der Waals surface area contributed by atoms with Gasteiger partial charge in [0.1, 0.15) is 0 Å². The van der Waals surface area contributed by atoms with E-state index >= 15 is 0 Å². The van der Waals surface area contributed by atoms with Crippen LogP contribution < -0.4 is 2.89 Å². The summed E-state index contributed by atoms with van der Waals surface area (Å²) in [5.74, 6) is 1.70. The van der Waals surface area contributed by atoms with Crippen molar-refractivity contribution in [1.29, 1.82) is 0 Å². The van der Waals surface area contributed by atoms with Crippen LogP contribution in [0.2, 0.25) is 14.8 Å². The van der Waals surface area contributed by atoms with E-state index in [9.17, 15) is 0 Å². The van der Waals surface area contributed by atoms with Crippen molar-refractivity contribution >= 4 is 43.9 Å². The molecule has 0 aromatic carbocycles. The predicted molar refractivity (Wildman–Crippen MR) is 147 cm³/mol. The molecule has 0 aliphatic heterocycles. The molecule has 0 N–H and O–H groups in total. The fraction of sp³-hybridized carbons (Fsp3) is 0.714. The van der Waals surface area contributed by atoms with Crippen LogP contribution in [0.25, 0.3) is 9.75 Å². The summed E-state index contributed by atoms with van der Waals surface area (Å²) in [6.45, 7) is 9.59. The third-order valence-corrected chi connectivity index (χ3v) is 19.4. The van der Waals surface area contributed by atoms with Crippen molar-refractivity contribution in [1.82, 2.24) is 0 Å². The van der Waals surface area contributed by atoms with Gasteiger partial charge in [-0.05, 0) is 0 Å². The zero-order chi connectivity index (χ0) is 22.6. The standard InChI is InChI=1S/C25H37S2.3CH3.Sn/c1-5-9-11-19(7-3)17-25(18-20(8-4)12-10-6-2)21-13-15-26-23(21)24-22(25)14-16-27-24;;;;/h13-15,19-20H,5-12,17-18H2,1-4H3;3*1H3;. The maximum absolute atomic E-state index is 2.74.